The van der Waals surface area contributed by atoms with Crippen LogP contribution in [-0.2, 0) is 11.3 Å². The Hall–Kier alpha value is -3.84. The van der Waals surface area contributed by atoms with E-state index >= 15 is 4.39 Å². The highest BCUT2D eigenvalue weighted by Crippen LogP contribution is 2.30. The Balaban J connectivity index is 0.00000480. The summed E-state index contributed by atoms with van der Waals surface area (Å²) in [6.07, 6.45) is 5.32. The number of unbranched alkanes of at least 4 members (excludes halogenated alkanes) is 1. The Morgan fingerprint density at radius 1 is 1.04 bits per heavy atom. The molecule has 3 heterocycles. The van der Waals surface area contributed by atoms with Crippen molar-refractivity contribution in [3.63, 3.8) is 0 Å². The first-order valence-corrected chi connectivity index (χ1v) is 15.6. The molecule has 2 aliphatic rings. The van der Waals surface area contributed by atoms with Crippen molar-refractivity contribution >= 4 is 52.5 Å². The zero-order valence-corrected chi connectivity index (χ0v) is 27.2. The summed E-state index contributed by atoms with van der Waals surface area (Å²) in [5, 5.41) is 11.8. The molecule has 0 spiro atoms. The number of fused-ring (bicyclic) bond motifs is 2. The molecule has 0 saturated carbocycles. The summed E-state index contributed by atoms with van der Waals surface area (Å²) in [7, 11) is 4.01. The third-order valence-electron chi connectivity index (χ3n) is 8.46. The third kappa shape index (κ3) is 8.49. The number of halogens is 2. The molecular formula is C33H43ClFN7O4. The Bertz CT molecular complexity index is 1620. The number of amides is 2. The number of hydrogen-bond donors (Lipinski definition) is 3. The molecule has 11 nitrogen and oxygen atoms in total. The number of carbonyl (C=O) groups is 2. The van der Waals surface area contributed by atoms with Crippen molar-refractivity contribution in [2.75, 3.05) is 64.8 Å². The smallest absolute Gasteiger partial charge is 0.261 e. The van der Waals surface area contributed by atoms with Gasteiger partial charge >= 0.3 is 0 Å². The fraction of sp³-hybridized carbons (Fsp3) is 0.455. The lowest BCUT2D eigenvalue weighted by Crippen LogP contribution is -2.47. The van der Waals surface area contributed by atoms with E-state index in [2.05, 4.69) is 15.1 Å². The van der Waals surface area contributed by atoms with Crippen LogP contribution in [0.4, 0.5) is 10.1 Å². The topological polar surface area (TPSA) is 123 Å². The molecule has 1 fully saturated rings. The quantitative estimate of drug-likeness (QED) is 0.154. The van der Waals surface area contributed by atoms with Crippen LogP contribution in [0.3, 0.4) is 0 Å². The molecule has 0 bridgehead atoms. The van der Waals surface area contributed by atoms with Crippen molar-refractivity contribution in [3.05, 3.63) is 69.5 Å². The number of nitrogens with one attached hydrogen (secondary N) is 2. The summed E-state index contributed by atoms with van der Waals surface area (Å²) in [5.74, 6) is -0.323. The third-order valence-corrected chi connectivity index (χ3v) is 8.46. The summed E-state index contributed by atoms with van der Waals surface area (Å²) in [5.41, 5.74) is 4.75. The van der Waals surface area contributed by atoms with Crippen LogP contribution in [0.1, 0.15) is 53.8 Å². The van der Waals surface area contributed by atoms with Crippen LogP contribution in [0.25, 0.3) is 22.6 Å². The highest BCUT2D eigenvalue weighted by atomic mass is 35.5. The van der Waals surface area contributed by atoms with E-state index in [1.54, 1.807) is 28.2 Å². The van der Waals surface area contributed by atoms with E-state index in [4.69, 9.17) is 10.2 Å². The molecule has 2 amide bonds. The lowest BCUT2D eigenvalue weighted by Gasteiger charge is -2.36. The monoisotopic (exact) mass is 655 g/mol. The van der Waals surface area contributed by atoms with Crippen molar-refractivity contribution in [3.8, 4) is 0 Å². The molecule has 2 aliphatic heterocycles. The van der Waals surface area contributed by atoms with Gasteiger partial charge in [-0.05, 0) is 94.3 Å². The summed E-state index contributed by atoms with van der Waals surface area (Å²) >= 11 is 0. The summed E-state index contributed by atoms with van der Waals surface area (Å²) < 4.78 is 16.9. The van der Waals surface area contributed by atoms with Crippen LogP contribution in [-0.4, -0.2) is 96.3 Å². The lowest BCUT2D eigenvalue weighted by molar-refractivity contribution is -0.129. The first kappa shape index (κ1) is 35.0. The van der Waals surface area contributed by atoms with Crippen molar-refractivity contribution < 1.29 is 19.2 Å². The fourth-order valence-electron chi connectivity index (χ4n) is 5.93. The molecule has 0 atom stereocenters. The maximum Gasteiger partial charge on any atom is 0.261 e. The lowest BCUT2D eigenvalue weighted by atomic mass is 10.1. The number of nitrogens with zero attached hydrogens (tertiary/aromatic N) is 5. The number of benzene rings is 2. The second-order valence-corrected chi connectivity index (χ2v) is 12.0. The highest BCUT2D eigenvalue weighted by Gasteiger charge is 2.24. The minimum Gasteiger partial charge on any atom is -0.367 e. The Morgan fingerprint density at radius 3 is 2.48 bits per heavy atom. The Kier molecular flexibility index (Phi) is 12.3. The van der Waals surface area contributed by atoms with Crippen LogP contribution in [0.5, 0.6) is 0 Å². The Labute approximate surface area is 274 Å². The van der Waals surface area contributed by atoms with E-state index in [1.165, 1.54) is 6.07 Å². The predicted molar refractivity (Wildman–Crippen MR) is 180 cm³/mol. The highest BCUT2D eigenvalue weighted by molar-refractivity contribution is 5.94. The van der Waals surface area contributed by atoms with Gasteiger partial charge in [-0.15, -0.1) is 12.4 Å². The average molecular weight is 656 g/mol. The first-order valence-electron chi connectivity index (χ1n) is 15.6. The molecule has 0 aliphatic carbocycles. The van der Waals surface area contributed by atoms with E-state index < -0.39 is 5.82 Å². The molecule has 2 aromatic carbocycles. The van der Waals surface area contributed by atoms with Crippen molar-refractivity contribution in [2.24, 2.45) is 0 Å². The van der Waals surface area contributed by atoms with Gasteiger partial charge in [0.2, 0.25) is 5.91 Å². The molecule has 3 aromatic rings. The second kappa shape index (κ2) is 16.1. The second-order valence-electron chi connectivity index (χ2n) is 12.0. The van der Waals surface area contributed by atoms with Crippen LogP contribution < -0.4 is 21.3 Å². The van der Waals surface area contributed by atoms with Gasteiger partial charge in [-0.3, -0.25) is 29.1 Å². The molecule has 0 unspecified atom stereocenters. The molecule has 1 aromatic heterocycles. The summed E-state index contributed by atoms with van der Waals surface area (Å²) in [6.45, 7) is 5.63. The minimum atomic E-state index is -0.430. The molecule has 0 radical (unpaired) electrons. The SMILES string of the molecule is CN(C)CCCNC(=O)c1ccc(/C=C2\CCn3c2nc2cc(N4CCN(CCCCC(=O)NO)CC4)c(F)cc2c3=O)cc1.Cl. The summed E-state index contributed by atoms with van der Waals surface area (Å²) in [4.78, 5) is 48.3. The van der Waals surface area contributed by atoms with Crippen molar-refractivity contribution in [1.82, 2.24) is 30.1 Å². The van der Waals surface area contributed by atoms with E-state index in [0.717, 1.165) is 50.2 Å². The van der Waals surface area contributed by atoms with E-state index in [1.807, 2.05) is 37.2 Å². The largest absolute Gasteiger partial charge is 0.367 e. The molecule has 5 rings (SSSR count). The number of carbonyl (C=O) groups excluding carboxylic acids is 2. The molecule has 1 saturated heterocycles. The van der Waals surface area contributed by atoms with Crippen LogP contribution in [0, 0.1) is 5.82 Å². The normalized spacial score (nSPS) is 15.7. The molecular weight excluding hydrogens is 613 g/mol. The van der Waals surface area contributed by atoms with Gasteiger partial charge in [0.1, 0.15) is 11.6 Å². The number of allylic oxidation sites excluding steroid dienone is 1. The number of anilines is 1. The van der Waals surface area contributed by atoms with Crippen LogP contribution >= 0.6 is 12.4 Å². The molecule has 248 valence electrons. The zero-order chi connectivity index (χ0) is 31.9. The van der Waals surface area contributed by atoms with Gasteiger partial charge in [0.25, 0.3) is 11.5 Å². The number of aromatic nitrogens is 2. The first-order chi connectivity index (χ1) is 21.7. The van der Waals surface area contributed by atoms with Gasteiger partial charge in [-0.2, -0.15) is 0 Å². The Morgan fingerprint density at radius 2 is 1.78 bits per heavy atom. The maximum atomic E-state index is 15.3. The van der Waals surface area contributed by atoms with Crippen molar-refractivity contribution in [1.29, 1.82) is 0 Å². The average Bonchev–Trinajstić information content (AvgIpc) is 3.44. The zero-order valence-electron chi connectivity index (χ0n) is 26.4. The number of piperazine rings is 1. The molecule has 13 heteroatoms. The van der Waals surface area contributed by atoms with Crippen LogP contribution in [0.15, 0.2) is 41.2 Å². The predicted octanol–water partition coefficient (Wildman–Crippen LogP) is 3.38. The fourth-order valence-corrected chi connectivity index (χ4v) is 5.93. The number of hydroxylamine groups is 1. The van der Waals surface area contributed by atoms with Gasteiger partial charge in [0, 0.05) is 51.3 Å². The van der Waals surface area contributed by atoms with E-state index in [9.17, 15) is 14.4 Å². The summed E-state index contributed by atoms with van der Waals surface area (Å²) in [6, 6.07) is 10.4. The van der Waals surface area contributed by atoms with Gasteiger partial charge in [-0.25, -0.2) is 14.9 Å². The number of hydrogen-bond acceptors (Lipinski definition) is 8. The molecule has 46 heavy (non-hydrogen) atoms. The molecule has 3 N–H and O–H groups in total. The van der Waals surface area contributed by atoms with Crippen molar-refractivity contribution in [2.45, 2.75) is 38.6 Å². The van der Waals surface area contributed by atoms with Crippen LogP contribution in [0.2, 0.25) is 0 Å². The van der Waals surface area contributed by atoms with E-state index in [-0.39, 0.29) is 41.6 Å². The number of rotatable bonds is 12. The van der Waals surface area contributed by atoms with E-state index in [0.29, 0.717) is 61.6 Å². The maximum absolute atomic E-state index is 15.3. The van der Waals surface area contributed by atoms with Gasteiger partial charge in [-0.1, -0.05) is 12.1 Å². The minimum absolute atomic E-state index is 0. The van der Waals surface area contributed by atoms with Gasteiger partial charge in [0.05, 0.1) is 16.6 Å². The van der Waals surface area contributed by atoms with Gasteiger partial charge in [0.15, 0.2) is 0 Å². The standard InChI is InChI=1S/C33H42FN7O4.ClH/c1-38(2)13-5-12-35-32(43)24-9-7-23(8-10-24)20-25-11-15-41-31(25)36-28-22-29(27(34)21-26(28)33(41)44)40-18-16-39(17-19-40)14-4-3-6-30(42)37-45;/h7-10,20-22,45H,3-6,11-19H2,1-2H3,(H,35,43)(H,37,42);1H/b25-20+;. The van der Waals surface area contributed by atoms with Gasteiger partial charge < -0.3 is 15.1 Å².